The number of carbonyl (C=O) groups is 1. The first kappa shape index (κ1) is 14.8. The summed E-state index contributed by atoms with van der Waals surface area (Å²) in [5.41, 5.74) is 1.98. The number of rotatable bonds is 3. The maximum Gasteiger partial charge on any atom is 0.316 e. The van der Waals surface area contributed by atoms with Crippen LogP contribution in [-0.4, -0.2) is 5.97 Å². The molecule has 0 unspecified atom stereocenters. The third-order valence-corrected chi connectivity index (χ3v) is 3.66. The SMILES string of the molecule is CC(C)=C(OC(=O)C(C)(C)C)[C@@H]1C[C@@H]1c1ccccc1. The van der Waals surface area contributed by atoms with Gasteiger partial charge in [-0.05, 0) is 58.1 Å². The Labute approximate surface area is 121 Å². The molecule has 1 fully saturated rings. The highest BCUT2D eigenvalue weighted by molar-refractivity contribution is 5.76. The van der Waals surface area contributed by atoms with Crippen molar-refractivity contribution in [1.82, 2.24) is 0 Å². The van der Waals surface area contributed by atoms with E-state index in [0.29, 0.717) is 11.8 Å². The number of carbonyl (C=O) groups excluding carboxylic acids is 1. The zero-order chi connectivity index (χ0) is 14.9. The van der Waals surface area contributed by atoms with Gasteiger partial charge in [-0.2, -0.15) is 0 Å². The van der Waals surface area contributed by atoms with E-state index in [1.165, 1.54) is 5.56 Å². The minimum absolute atomic E-state index is 0.146. The lowest BCUT2D eigenvalue weighted by Crippen LogP contribution is -2.23. The normalized spacial score (nSPS) is 21.2. The Morgan fingerprint density at radius 1 is 1.15 bits per heavy atom. The summed E-state index contributed by atoms with van der Waals surface area (Å²) in [5, 5.41) is 0. The number of hydrogen-bond donors (Lipinski definition) is 0. The summed E-state index contributed by atoms with van der Waals surface area (Å²) in [6, 6.07) is 10.5. The molecule has 1 saturated carbocycles. The van der Waals surface area contributed by atoms with E-state index in [4.69, 9.17) is 4.74 Å². The Balaban J connectivity index is 2.11. The second-order valence-corrected chi connectivity index (χ2v) is 6.86. The Bertz CT molecular complexity index is 516. The van der Waals surface area contributed by atoms with Gasteiger partial charge in [0, 0.05) is 5.92 Å². The largest absolute Gasteiger partial charge is 0.430 e. The molecule has 0 amide bonds. The van der Waals surface area contributed by atoms with Gasteiger partial charge in [-0.15, -0.1) is 0 Å². The van der Waals surface area contributed by atoms with Crippen molar-refractivity contribution in [3.8, 4) is 0 Å². The average Bonchev–Trinajstić information content (AvgIpc) is 3.15. The van der Waals surface area contributed by atoms with Crippen LogP contribution in [0.3, 0.4) is 0 Å². The summed E-state index contributed by atoms with van der Waals surface area (Å²) >= 11 is 0. The van der Waals surface area contributed by atoms with Crippen molar-refractivity contribution in [2.75, 3.05) is 0 Å². The summed E-state index contributed by atoms with van der Waals surface area (Å²) in [6.07, 6.45) is 1.07. The molecule has 0 bridgehead atoms. The molecule has 2 heteroatoms. The van der Waals surface area contributed by atoms with Crippen molar-refractivity contribution in [3.63, 3.8) is 0 Å². The van der Waals surface area contributed by atoms with Gasteiger partial charge in [0.25, 0.3) is 0 Å². The van der Waals surface area contributed by atoms with Crippen LogP contribution in [0.15, 0.2) is 41.7 Å². The van der Waals surface area contributed by atoms with Crippen LogP contribution in [-0.2, 0) is 9.53 Å². The average molecular weight is 272 g/mol. The zero-order valence-electron chi connectivity index (χ0n) is 13.1. The molecule has 2 rings (SSSR count). The topological polar surface area (TPSA) is 26.3 Å². The molecular weight excluding hydrogens is 248 g/mol. The molecule has 1 aliphatic carbocycles. The molecule has 1 aromatic carbocycles. The first-order valence-corrected chi connectivity index (χ1v) is 7.25. The minimum atomic E-state index is -0.460. The highest BCUT2D eigenvalue weighted by atomic mass is 16.5. The van der Waals surface area contributed by atoms with Crippen molar-refractivity contribution in [2.24, 2.45) is 11.3 Å². The number of ether oxygens (including phenoxy) is 1. The summed E-state index contributed by atoms with van der Waals surface area (Å²) in [7, 11) is 0. The molecule has 2 nitrogen and oxygen atoms in total. The second kappa shape index (κ2) is 5.43. The van der Waals surface area contributed by atoms with Gasteiger partial charge >= 0.3 is 5.97 Å². The minimum Gasteiger partial charge on any atom is -0.430 e. The van der Waals surface area contributed by atoms with Crippen LogP contribution in [0.4, 0.5) is 0 Å². The van der Waals surface area contributed by atoms with Crippen LogP contribution in [0.25, 0.3) is 0 Å². The summed E-state index contributed by atoms with van der Waals surface area (Å²) in [5.74, 6) is 1.58. The number of hydrogen-bond acceptors (Lipinski definition) is 2. The number of benzene rings is 1. The lowest BCUT2D eigenvalue weighted by Gasteiger charge is -2.19. The number of esters is 1. The molecule has 108 valence electrons. The quantitative estimate of drug-likeness (QED) is 0.590. The highest BCUT2D eigenvalue weighted by Crippen LogP contribution is 2.53. The fourth-order valence-electron chi connectivity index (χ4n) is 2.35. The van der Waals surface area contributed by atoms with Crippen LogP contribution in [0.5, 0.6) is 0 Å². The van der Waals surface area contributed by atoms with Crippen LogP contribution in [0.2, 0.25) is 0 Å². The van der Waals surface area contributed by atoms with E-state index in [1.54, 1.807) is 0 Å². The highest BCUT2D eigenvalue weighted by Gasteiger charge is 2.44. The Morgan fingerprint density at radius 3 is 2.25 bits per heavy atom. The van der Waals surface area contributed by atoms with Crippen LogP contribution in [0.1, 0.15) is 52.5 Å². The monoisotopic (exact) mass is 272 g/mol. The molecule has 2 atom stereocenters. The zero-order valence-corrected chi connectivity index (χ0v) is 13.1. The molecule has 1 aliphatic rings. The first-order valence-electron chi connectivity index (χ1n) is 7.25. The maximum absolute atomic E-state index is 12.1. The fourth-order valence-corrected chi connectivity index (χ4v) is 2.35. The smallest absolute Gasteiger partial charge is 0.316 e. The Hall–Kier alpha value is -1.57. The van der Waals surface area contributed by atoms with E-state index in [1.807, 2.05) is 40.7 Å². The van der Waals surface area contributed by atoms with Gasteiger partial charge < -0.3 is 4.74 Å². The van der Waals surface area contributed by atoms with E-state index >= 15 is 0 Å². The van der Waals surface area contributed by atoms with Gasteiger partial charge in [-0.1, -0.05) is 30.3 Å². The predicted molar refractivity (Wildman–Crippen MR) is 81.2 cm³/mol. The summed E-state index contributed by atoms with van der Waals surface area (Å²) < 4.78 is 5.69. The fraction of sp³-hybridized carbons (Fsp3) is 0.500. The Kier molecular flexibility index (Phi) is 4.03. The van der Waals surface area contributed by atoms with Crippen LogP contribution in [0, 0.1) is 11.3 Å². The van der Waals surface area contributed by atoms with E-state index in [0.717, 1.165) is 17.8 Å². The van der Waals surface area contributed by atoms with Gasteiger partial charge in [-0.25, -0.2) is 0 Å². The predicted octanol–water partition coefficient (Wildman–Crippen LogP) is 4.67. The van der Waals surface area contributed by atoms with Crippen molar-refractivity contribution < 1.29 is 9.53 Å². The van der Waals surface area contributed by atoms with E-state index < -0.39 is 5.41 Å². The van der Waals surface area contributed by atoms with Gasteiger partial charge in [0.1, 0.15) is 5.76 Å². The maximum atomic E-state index is 12.1. The lowest BCUT2D eigenvalue weighted by atomic mass is 9.97. The molecule has 0 spiro atoms. The van der Waals surface area contributed by atoms with E-state index in [9.17, 15) is 4.79 Å². The van der Waals surface area contributed by atoms with Gasteiger partial charge in [0.2, 0.25) is 0 Å². The molecule has 0 N–H and O–H groups in total. The van der Waals surface area contributed by atoms with Crippen molar-refractivity contribution in [1.29, 1.82) is 0 Å². The standard InChI is InChI=1S/C18H24O2/c1-12(2)16(20-17(19)18(3,4)5)15-11-14(15)13-9-7-6-8-10-13/h6-10,14-15H,11H2,1-5H3/t14-,15-/m1/s1. The molecular formula is C18H24O2. The van der Waals surface area contributed by atoms with Crippen molar-refractivity contribution >= 4 is 5.97 Å². The first-order chi connectivity index (χ1) is 9.30. The molecule has 0 aromatic heterocycles. The van der Waals surface area contributed by atoms with Gasteiger partial charge in [-0.3, -0.25) is 4.79 Å². The molecule has 20 heavy (non-hydrogen) atoms. The molecule has 0 heterocycles. The van der Waals surface area contributed by atoms with E-state index in [2.05, 4.69) is 24.3 Å². The molecule has 0 saturated heterocycles. The Morgan fingerprint density at radius 2 is 1.75 bits per heavy atom. The third-order valence-electron chi connectivity index (χ3n) is 3.66. The summed E-state index contributed by atoms with van der Waals surface area (Å²) in [6.45, 7) is 9.70. The van der Waals surface area contributed by atoms with Gasteiger partial charge in [0.15, 0.2) is 0 Å². The van der Waals surface area contributed by atoms with Crippen molar-refractivity contribution in [2.45, 2.75) is 47.0 Å². The summed E-state index contributed by atoms with van der Waals surface area (Å²) in [4.78, 5) is 12.1. The second-order valence-electron chi connectivity index (χ2n) is 6.86. The molecule has 0 aliphatic heterocycles. The van der Waals surface area contributed by atoms with E-state index in [-0.39, 0.29) is 5.97 Å². The lowest BCUT2D eigenvalue weighted by molar-refractivity contribution is -0.149. The van der Waals surface area contributed by atoms with Crippen LogP contribution < -0.4 is 0 Å². The molecule has 1 aromatic rings. The van der Waals surface area contributed by atoms with Gasteiger partial charge in [0.05, 0.1) is 5.41 Å². The number of allylic oxidation sites excluding steroid dienone is 2. The third kappa shape index (κ3) is 3.30. The van der Waals surface area contributed by atoms with Crippen LogP contribution >= 0.6 is 0 Å². The molecule has 0 radical (unpaired) electrons. The van der Waals surface area contributed by atoms with Crippen molar-refractivity contribution in [3.05, 3.63) is 47.2 Å².